The van der Waals surface area contributed by atoms with E-state index in [1.807, 2.05) is 0 Å². The van der Waals surface area contributed by atoms with Gasteiger partial charge in [-0.25, -0.2) is 4.98 Å². The summed E-state index contributed by atoms with van der Waals surface area (Å²) < 4.78 is 80.2. The highest BCUT2D eigenvalue weighted by molar-refractivity contribution is 5.68. The van der Waals surface area contributed by atoms with E-state index in [0.717, 1.165) is 37.4 Å². The SMILES string of the molecule is CC(O)(c1cncc(-c2nc3ccc(C(F)(F)F)cn3c2C2CC2)c1)C(F)(F)F. The fraction of sp³-hybridized carbons (Fsp3) is 0.368. The molecular weight excluding hydrogens is 400 g/mol. The van der Waals surface area contributed by atoms with Gasteiger partial charge in [0.2, 0.25) is 0 Å². The van der Waals surface area contributed by atoms with Crippen LogP contribution >= 0.6 is 0 Å². The molecule has 4 rings (SSSR count). The van der Waals surface area contributed by atoms with Crippen molar-refractivity contribution in [1.82, 2.24) is 14.4 Å². The van der Waals surface area contributed by atoms with Gasteiger partial charge in [-0.15, -0.1) is 0 Å². The Balaban J connectivity index is 1.89. The molecule has 154 valence electrons. The second-order valence-corrected chi connectivity index (χ2v) is 7.30. The van der Waals surface area contributed by atoms with E-state index in [4.69, 9.17) is 0 Å². The monoisotopic (exact) mass is 415 g/mol. The zero-order valence-electron chi connectivity index (χ0n) is 15.0. The van der Waals surface area contributed by atoms with Gasteiger partial charge in [0.05, 0.1) is 17.0 Å². The van der Waals surface area contributed by atoms with Crippen LogP contribution in [0.15, 0.2) is 36.8 Å². The van der Waals surface area contributed by atoms with E-state index in [0.29, 0.717) is 12.6 Å². The third-order valence-electron chi connectivity index (χ3n) is 5.07. The third kappa shape index (κ3) is 3.35. The van der Waals surface area contributed by atoms with Gasteiger partial charge in [-0.3, -0.25) is 4.98 Å². The first-order chi connectivity index (χ1) is 13.4. The third-order valence-corrected chi connectivity index (χ3v) is 5.07. The maximum absolute atomic E-state index is 13.2. The van der Waals surface area contributed by atoms with Crippen LogP contribution in [0.25, 0.3) is 16.9 Å². The highest BCUT2D eigenvalue weighted by atomic mass is 19.4. The molecule has 3 aromatic heterocycles. The molecule has 1 unspecified atom stereocenters. The van der Waals surface area contributed by atoms with E-state index >= 15 is 0 Å². The van der Waals surface area contributed by atoms with Crippen LogP contribution in [0.3, 0.4) is 0 Å². The lowest BCUT2D eigenvalue weighted by atomic mass is 9.95. The summed E-state index contributed by atoms with van der Waals surface area (Å²) >= 11 is 0. The van der Waals surface area contributed by atoms with Crippen molar-refractivity contribution in [2.75, 3.05) is 0 Å². The van der Waals surface area contributed by atoms with Gasteiger partial charge in [0, 0.05) is 35.6 Å². The van der Waals surface area contributed by atoms with E-state index in [9.17, 15) is 31.4 Å². The minimum atomic E-state index is -4.92. The summed E-state index contributed by atoms with van der Waals surface area (Å²) in [4.78, 5) is 8.14. The second kappa shape index (κ2) is 6.19. The molecule has 10 heteroatoms. The number of rotatable bonds is 3. The maximum Gasteiger partial charge on any atom is 0.421 e. The highest BCUT2D eigenvalue weighted by Gasteiger charge is 2.51. The van der Waals surface area contributed by atoms with Crippen molar-refractivity contribution < 1.29 is 31.4 Å². The molecular formula is C19H15F6N3O. The molecule has 0 saturated heterocycles. The molecule has 0 spiro atoms. The number of halogens is 6. The molecule has 0 amide bonds. The van der Waals surface area contributed by atoms with Gasteiger partial charge in [0.25, 0.3) is 0 Å². The molecule has 0 aromatic carbocycles. The average molecular weight is 415 g/mol. The summed E-state index contributed by atoms with van der Waals surface area (Å²) in [7, 11) is 0. The lowest BCUT2D eigenvalue weighted by molar-refractivity contribution is -0.259. The standard InChI is InChI=1S/C19H15F6N3O/c1-17(29,19(23,24)25)13-6-11(7-26-8-13)15-16(10-2-3-10)28-9-12(18(20,21)22)4-5-14(28)27-15/h4-10,29H,2-3H2,1H3. The zero-order valence-corrected chi connectivity index (χ0v) is 15.0. The minimum Gasteiger partial charge on any atom is -0.376 e. The topological polar surface area (TPSA) is 50.4 Å². The number of aromatic nitrogens is 3. The Kier molecular flexibility index (Phi) is 4.20. The molecule has 1 N–H and O–H groups in total. The van der Waals surface area contributed by atoms with Crippen molar-refractivity contribution in [3.63, 3.8) is 0 Å². The van der Waals surface area contributed by atoms with Gasteiger partial charge in [-0.1, -0.05) is 0 Å². The first kappa shape index (κ1) is 19.7. The van der Waals surface area contributed by atoms with Crippen LogP contribution in [0.2, 0.25) is 0 Å². The Morgan fingerprint density at radius 3 is 2.31 bits per heavy atom. The number of aliphatic hydroxyl groups is 1. The first-order valence-corrected chi connectivity index (χ1v) is 8.74. The fourth-order valence-corrected chi connectivity index (χ4v) is 3.19. The zero-order chi connectivity index (χ0) is 21.2. The van der Waals surface area contributed by atoms with Crippen LogP contribution in [0.4, 0.5) is 26.3 Å². The number of fused-ring (bicyclic) bond motifs is 1. The predicted octanol–water partition coefficient (Wildman–Crippen LogP) is 5.06. The Morgan fingerprint density at radius 2 is 1.72 bits per heavy atom. The Hall–Kier alpha value is -2.62. The molecule has 1 aliphatic rings. The molecule has 0 bridgehead atoms. The van der Waals surface area contributed by atoms with Crippen molar-refractivity contribution in [3.8, 4) is 11.3 Å². The summed E-state index contributed by atoms with van der Waals surface area (Å²) in [5.41, 5.74) is -3.23. The summed E-state index contributed by atoms with van der Waals surface area (Å²) in [5, 5.41) is 9.93. The van der Waals surface area contributed by atoms with Gasteiger partial charge in [0.15, 0.2) is 5.60 Å². The van der Waals surface area contributed by atoms with Crippen molar-refractivity contribution in [2.45, 2.75) is 43.6 Å². The summed E-state index contributed by atoms with van der Waals surface area (Å²) in [6.45, 7) is 0.620. The fourth-order valence-electron chi connectivity index (χ4n) is 3.19. The molecule has 1 atom stereocenters. The Morgan fingerprint density at radius 1 is 1.03 bits per heavy atom. The van der Waals surface area contributed by atoms with Crippen LogP contribution < -0.4 is 0 Å². The molecule has 1 fully saturated rings. The van der Waals surface area contributed by atoms with Gasteiger partial charge in [0.1, 0.15) is 5.65 Å². The lowest BCUT2D eigenvalue weighted by Gasteiger charge is -2.26. The van der Waals surface area contributed by atoms with Gasteiger partial charge in [-0.2, -0.15) is 26.3 Å². The Labute approximate surface area is 160 Å². The van der Waals surface area contributed by atoms with Gasteiger partial charge in [-0.05, 0) is 38.0 Å². The normalized spacial score (nSPS) is 17.5. The number of imidazole rings is 1. The van der Waals surface area contributed by atoms with Crippen LogP contribution in [0.1, 0.15) is 42.5 Å². The maximum atomic E-state index is 13.2. The molecule has 4 nitrogen and oxygen atoms in total. The molecule has 29 heavy (non-hydrogen) atoms. The quantitative estimate of drug-likeness (QED) is 0.609. The van der Waals surface area contributed by atoms with Crippen LogP contribution in [0.5, 0.6) is 0 Å². The minimum absolute atomic E-state index is 0.0460. The number of hydrogen-bond donors (Lipinski definition) is 1. The number of hydrogen-bond acceptors (Lipinski definition) is 3. The smallest absolute Gasteiger partial charge is 0.376 e. The summed E-state index contributed by atoms with van der Waals surface area (Å²) in [6, 6.07) is 3.26. The molecule has 3 aromatic rings. The lowest BCUT2D eigenvalue weighted by Crippen LogP contribution is -2.39. The molecule has 3 heterocycles. The van der Waals surface area contributed by atoms with E-state index in [-0.39, 0.29) is 22.8 Å². The van der Waals surface area contributed by atoms with Crippen molar-refractivity contribution in [1.29, 1.82) is 0 Å². The molecule has 0 aliphatic heterocycles. The van der Waals surface area contributed by atoms with Crippen molar-refractivity contribution in [2.24, 2.45) is 0 Å². The first-order valence-electron chi connectivity index (χ1n) is 8.74. The molecule has 1 aliphatic carbocycles. The van der Waals surface area contributed by atoms with Crippen LogP contribution in [-0.4, -0.2) is 25.7 Å². The van der Waals surface area contributed by atoms with Crippen molar-refractivity contribution in [3.05, 3.63) is 53.6 Å². The summed E-state index contributed by atoms with van der Waals surface area (Å²) in [6.07, 6.45) is -4.84. The number of nitrogens with zero attached hydrogens (tertiary/aromatic N) is 3. The Bertz CT molecular complexity index is 1080. The number of alkyl halides is 6. The number of pyridine rings is 2. The predicted molar refractivity (Wildman–Crippen MR) is 91.0 cm³/mol. The second-order valence-electron chi connectivity index (χ2n) is 7.30. The van der Waals surface area contributed by atoms with Crippen LogP contribution in [-0.2, 0) is 11.8 Å². The largest absolute Gasteiger partial charge is 0.421 e. The average Bonchev–Trinajstić information content (AvgIpc) is 3.39. The molecule has 1 saturated carbocycles. The van der Waals surface area contributed by atoms with Crippen molar-refractivity contribution >= 4 is 5.65 Å². The van der Waals surface area contributed by atoms with E-state index in [1.165, 1.54) is 16.7 Å². The van der Waals surface area contributed by atoms with Gasteiger partial charge >= 0.3 is 12.4 Å². The van der Waals surface area contributed by atoms with E-state index < -0.39 is 29.1 Å². The summed E-state index contributed by atoms with van der Waals surface area (Å²) in [5.74, 6) is -0.0460. The van der Waals surface area contributed by atoms with E-state index in [2.05, 4.69) is 9.97 Å². The van der Waals surface area contributed by atoms with E-state index in [1.54, 1.807) is 0 Å². The molecule has 0 radical (unpaired) electrons. The van der Waals surface area contributed by atoms with Crippen LogP contribution in [0, 0.1) is 0 Å². The van der Waals surface area contributed by atoms with Gasteiger partial charge < -0.3 is 9.51 Å². The highest BCUT2D eigenvalue weighted by Crippen LogP contribution is 2.46.